The van der Waals surface area contributed by atoms with Gasteiger partial charge in [0.1, 0.15) is 11.5 Å². The fraction of sp³-hybridized carbons (Fsp3) is 0. The van der Waals surface area contributed by atoms with Gasteiger partial charge in [0, 0.05) is 17.8 Å². The molecule has 0 saturated heterocycles. The summed E-state index contributed by atoms with van der Waals surface area (Å²) in [5, 5.41) is 11.1. The second-order valence-electron chi connectivity index (χ2n) is 3.75. The van der Waals surface area contributed by atoms with Gasteiger partial charge in [-0.05, 0) is 24.3 Å². The molecule has 3 nitrogen and oxygen atoms in total. The van der Waals surface area contributed by atoms with E-state index in [4.69, 9.17) is 5.11 Å². The summed E-state index contributed by atoms with van der Waals surface area (Å²) in [7, 11) is 0. The number of carboxylic acids is 1. The molecule has 2 aromatic rings. The number of aromatic carboxylic acids is 1. The molecule has 2 aromatic carbocycles. The van der Waals surface area contributed by atoms with E-state index in [1.165, 1.54) is 24.3 Å². The number of carbonyl (C=O) groups is 1. The molecule has 0 atom stereocenters. The van der Waals surface area contributed by atoms with E-state index < -0.39 is 29.1 Å². The summed E-state index contributed by atoms with van der Waals surface area (Å²) in [6.07, 6.45) is 0. The summed E-state index contributed by atoms with van der Waals surface area (Å²) in [6.45, 7) is 0. The molecule has 0 amide bonds. The van der Waals surface area contributed by atoms with Gasteiger partial charge in [-0.3, -0.25) is 0 Å². The summed E-state index contributed by atoms with van der Waals surface area (Å²) in [4.78, 5) is 10.6. The molecule has 19 heavy (non-hydrogen) atoms. The van der Waals surface area contributed by atoms with Crippen LogP contribution in [0, 0.1) is 17.5 Å². The largest absolute Gasteiger partial charge is 0.478 e. The first-order valence-electron chi connectivity index (χ1n) is 5.22. The SMILES string of the molecule is O=C(O)c1ccc(Nc2c(F)cc(F)cc2F)cc1. The minimum absolute atomic E-state index is 0.0469. The predicted octanol–water partition coefficient (Wildman–Crippen LogP) is 3.55. The molecule has 0 bridgehead atoms. The second-order valence-corrected chi connectivity index (χ2v) is 3.75. The highest BCUT2D eigenvalue weighted by atomic mass is 19.1. The Morgan fingerprint density at radius 1 is 1.00 bits per heavy atom. The van der Waals surface area contributed by atoms with Crippen molar-refractivity contribution in [3.8, 4) is 0 Å². The van der Waals surface area contributed by atoms with Crippen LogP contribution in [-0.4, -0.2) is 11.1 Å². The number of rotatable bonds is 3. The van der Waals surface area contributed by atoms with Crippen LogP contribution in [0.25, 0.3) is 0 Å². The van der Waals surface area contributed by atoms with Gasteiger partial charge in [-0.15, -0.1) is 0 Å². The van der Waals surface area contributed by atoms with E-state index in [2.05, 4.69) is 5.32 Å². The van der Waals surface area contributed by atoms with Gasteiger partial charge in [0.25, 0.3) is 0 Å². The molecular weight excluding hydrogens is 259 g/mol. The van der Waals surface area contributed by atoms with E-state index in [1.54, 1.807) is 0 Å². The van der Waals surface area contributed by atoms with Gasteiger partial charge in [-0.1, -0.05) is 0 Å². The Hall–Kier alpha value is -2.50. The Morgan fingerprint density at radius 2 is 1.53 bits per heavy atom. The van der Waals surface area contributed by atoms with Crippen molar-refractivity contribution in [1.29, 1.82) is 0 Å². The third-order valence-corrected chi connectivity index (χ3v) is 2.41. The van der Waals surface area contributed by atoms with Crippen molar-refractivity contribution in [2.75, 3.05) is 5.32 Å². The molecule has 0 fully saturated rings. The zero-order chi connectivity index (χ0) is 14.0. The third-order valence-electron chi connectivity index (χ3n) is 2.41. The minimum Gasteiger partial charge on any atom is -0.478 e. The Balaban J connectivity index is 2.29. The maximum atomic E-state index is 13.4. The quantitative estimate of drug-likeness (QED) is 0.894. The average molecular weight is 267 g/mol. The molecule has 0 aromatic heterocycles. The minimum atomic E-state index is -1.11. The van der Waals surface area contributed by atoms with Crippen LogP contribution in [-0.2, 0) is 0 Å². The normalized spacial score (nSPS) is 10.3. The zero-order valence-corrected chi connectivity index (χ0v) is 9.45. The molecular formula is C13H8F3NO2. The van der Waals surface area contributed by atoms with E-state index in [9.17, 15) is 18.0 Å². The van der Waals surface area contributed by atoms with E-state index in [-0.39, 0.29) is 11.3 Å². The van der Waals surface area contributed by atoms with Crippen molar-refractivity contribution < 1.29 is 23.1 Å². The smallest absolute Gasteiger partial charge is 0.335 e. The van der Waals surface area contributed by atoms with Crippen molar-refractivity contribution in [1.82, 2.24) is 0 Å². The molecule has 0 spiro atoms. The Morgan fingerprint density at radius 3 is 2.00 bits per heavy atom. The summed E-state index contributed by atoms with van der Waals surface area (Å²) in [5.74, 6) is -4.26. The van der Waals surface area contributed by atoms with Crippen LogP contribution in [0.3, 0.4) is 0 Å². The lowest BCUT2D eigenvalue weighted by Crippen LogP contribution is -2.00. The molecule has 2 rings (SSSR count). The van der Waals surface area contributed by atoms with Crippen LogP contribution in [0.2, 0.25) is 0 Å². The van der Waals surface area contributed by atoms with Crippen molar-refractivity contribution in [2.45, 2.75) is 0 Å². The van der Waals surface area contributed by atoms with Crippen LogP contribution in [0.5, 0.6) is 0 Å². The lowest BCUT2D eigenvalue weighted by Gasteiger charge is -2.09. The van der Waals surface area contributed by atoms with Gasteiger partial charge in [-0.2, -0.15) is 0 Å². The molecule has 0 aliphatic rings. The van der Waals surface area contributed by atoms with Crippen LogP contribution in [0.4, 0.5) is 24.5 Å². The highest BCUT2D eigenvalue weighted by Crippen LogP contribution is 2.24. The molecule has 0 unspecified atom stereocenters. The van der Waals surface area contributed by atoms with E-state index in [1.807, 2.05) is 0 Å². The number of anilines is 2. The molecule has 0 heterocycles. The van der Waals surface area contributed by atoms with Gasteiger partial charge in [0.05, 0.1) is 5.56 Å². The number of halogens is 3. The lowest BCUT2D eigenvalue weighted by atomic mass is 10.2. The topological polar surface area (TPSA) is 49.3 Å². The fourth-order valence-electron chi connectivity index (χ4n) is 1.50. The predicted molar refractivity (Wildman–Crippen MR) is 63.0 cm³/mol. The first-order valence-corrected chi connectivity index (χ1v) is 5.22. The van der Waals surface area contributed by atoms with Crippen molar-refractivity contribution in [2.24, 2.45) is 0 Å². The standard InChI is InChI=1S/C13H8F3NO2/c14-8-5-10(15)12(11(16)6-8)17-9-3-1-7(2-4-9)13(18)19/h1-6,17H,(H,18,19). The summed E-state index contributed by atoms with van der Waals surface area (Å²) >= 11 is 0. The average Bonchev–Trinajstić information content (AvgIpc) is 2.34. The molecule has 0 aliphatic carbocycles. The Kier molecular flexibility index (Phi) is 3.41. The van der Waals surface area contributed by atoms with Crippen molar-refractivity contribution in [3.63, 3.8) is 0 Å². The van der Waals surface area contributed by atoms with E-state index in [0.717, 1.165) is 0 Å². The maximum Gasteiger partial charge on any atom is 0.335 e. The Labute approximate surface area is 106 Å². The van der Waals surface area contributed by atoms with Crippen LogP contribution < -0.4 is 5.32 Å². The summed E-state index contributed by atoms with van der Waals surface area (Å²) in [5.41, 5.74) is -0.163. The number of nitrogens with one attached hydrogen (secondary N) is 1. The number of carboxylic acid groups (broad SMARTS) is 1. The number of hydrogen-bond donors (Lipinski definition) is 2. The highest BCUT2D eigenvalue weighted by molar-refractivity contribution is 5.88. The third kappa shape index (κ3) is 2.85. The fourth-order valence-corrected chi connectivity index (χ4v) is 1.50. The molecule has 2 N–H and O–H groups in total. The van der Waals surface area contributed by atoms with Crippen molar-refractivity contribution in [3.05, 3.63) is 59.4 Å². The van der Waals surface area contributed by atoms with E-state index in [0.29, 0.717) is 12.1 Å². The van der Waals surface area contributed by atoms with Crippen LogP contribution in [0.15, 0.2) is 36.4 Å². The van der Waals surface area contributed by atoms with Gasteiger partial charge in [0.15, 0.2) is 11.6 Å². The van der Waals surface area contributed by atoms with Gasteiger partial charge in [-0.25, -0.2) is 18.0 Å². The zero-order valence-electron chi connectivity index (χ0n) is 9.45. The Bertz CT molecular complexity index is 603. The first kappa shape index (κ1) is 12.9. The lowest BCUT2D eigenvalue weighted by molar-refractivity contribution is 0.0697. The monoisotopic (exact) mass is 267 g/mol. The molecule has 0 radical (unpaired) electrons. The number of benzene rings is 2. The van der Waals surface area contributed by atoms with Crippen LogP contribution >= 0.6 is 0 Å². The molecule has 0 saturated carbocycles. The highest BCUT2D eigenvalue weighted by Gasteiger charge is 2.11. The number of hydrogen-bond acceptors (Lipinski definition) is 2. The van der Waals surface area contributed by atoms with Crippen LogP contribution in [0.1, 0.15) is 10.4 Å². The molecule has 98 valence electrons. The van der Waals surface area contributed by atoms with Gasteiger partial charge in [0.2, 0.25) is 0 Å². The second kappa shape index (κ2) is 5.01. The molecule has 6 heteroatoms. The first-order chi connectivity index (χ1) is 8.97. The maximum absolute atomic E-state index is 13.4. The summed E-state index contributed by atoms with van der Waals surface area (Å²) < 4.78 is 39.5. The summed E-state index contributed by atoms with van der Waals surface area (Å²) in [6, 6.07) is 6.37. The van der Waals surface area contributed by atoms with Gasteiger partial charge >= 0.3 is 5.97 Å². The van der Waals surface area contributed by atoms with E-state index >= 15 is 0 Å². The van der Waals surface area contributed by atoms with Gasteiger partial charge < -0.3 is 10.4 Å². The van der Waals surface area contributed by atoms with Crippen molar-refractivity contribution >= 4 is 17.3 Å². The molecule has 0 aliphatic heterocycles.